The zero-order valence-electron chi connectivity index (χ0n) is 18.5. The summed E-state index contributed by atoms with van der Waals surface area (Å²) in [7, 11) is -0.647. The Balaban J connectivity index is 1.60. The molecule has 0 saturated heterocycles. The molecular weight excluding hydrogens is 466 g/mol. The van der Waals surface area contributed by atoms with Gasteiger partial charge in [0.1, 0.15) is 0 Å². The predicted octanol–water partition coefficient (Wildman–Crippen LogP) is 4.19. The van der Waals surface area contributed by atoms with Gasteiger partial charge in [-0.2, -0.15) is 0 Å². The fourth-order valence-corrected chi connectivity index (χ4v) is 5.18. The summed E-state index contributed by atoms with van der Waals surface area (Å²) in [5.74, 6) is -0.126. The first-order valence-electron chi connectivity index (χ1n) is 9.70. The number of thioether (sulfide) groups is 1. The summed E-state index contributed by atoms with van der Waals surface area (Å²) in [5, 5.41) is 14.9. The van der Waals surface area contributed by atoms with Crippen LogP contribution in [0, 0.1) is 20.8 Å². The number of hydrogen-bond acceptors (Lipinski definition) is 8. The lowest BCUT2D eigenvalue weighted by atomic mass is 10.1. The van der Waals surface area contributed by atoms with Crippen molar-refractivity contribution in [3.8, 4) is 0 Å². The molecule has 0 unspecified atom stereocenters. The molecule has 0 atom stereocenters. The minimum Gasteiger partial charge on any atom is -0.330 e. The van der Waals surface area contributed by atoms with Gasteiger partial charge in [-0.3, -0.25) is 4.79 Å². The molecule has 11 heteroatoms. The van der Waals surface area contributed by atoms with Crippen molar-refractivity contribution in [2.45, 2.75) is 30.0 Å². The summed E-state index contributed by atoms with van der Waals surface area (Å²) in [4.78, 5) is 12.6. The Kier molecular flexibility index (Phi) is 7.55. The largest absolute Gasteiger partial charge is 0.330 e. The van der Waals surface area contributed by atoms with Crippen LogP contribution in [0.3, 0.4) is 0 Å². The Morgan fingerprint density at radius 2 is 1.75 bits per heavy atom. The van der Waals surface area contributed by atoms with E-state index < -0.39 is 10.0 Å². The monoisotopic (exact) mass is 491 g/mol. The van der Waals surface area contributed by atoms with Crippen LogP contribution < -0.4 is 10.6 Å². The number of carbonyl (C=O) groups excluding carboxylic acids is 1. The number of aromatic nitrogens is 2. The summed E-state index contributed by atoms with van der Waals surface area (Å²) < 4.78 is 26.5. The number of amides is 1. The molecule has 0 aliphatic carbocycles. The first-order chi connectivity index (χ1) is 15.1. The molecule has 1 heterocycles. The van der Waals surface area contributed by atoms with E-state index in [0.717, 1.165) is 15.6 Å². The molecule has 0 aliphatic heterocycles. The van der Waals surface area contributed by atoms with Gasteiger partial charge in [-0.25, -0.2) is 12.7 Å². The second-order valence-corrected chi connectivity index (χ2v) is 11.7. The van der Waals surface area contributed by atoms with Gasteiger partial charge in [0.2, 0.25) is 21.1 Å². The van der Waals surface area contributed by atoms with E-state index in [0.29, 0.717) is 15.2 Å². The maximum Gasteiger partial charge on any atom is 0.242 e. The number of sulfonamides is 1. The third kappa shape index (κ3) is 5.85. The number of anilines is 3. The fraction of sp³-hybridized carbons (Fsp3) is 0.286. The van der Waals surface area contributed by atoms with E-state index in [9.17, 15) is 13.2 Å². The molecule has 1 amide bonds. The third-order valence-corrected chi connectivity index (χ3v) is 8.54. The van der Waals surface area contributed by atoms with Gasteiger partial charge in [0, 0.05) is 25.5 Å². The molecule has 0 spiro atoms. The van der Waals surface area contributed by atoms with Gasteiger partial charge in [0.25, 0.3) is 0 Å². The van der Waals surface area contributed by atoms with E-state index >= 15 is 0 Å². The van der Waals surface area contributed by atoms with E-state index in [1.165, 1.54) is 60.5 Å². The van der Waals surface area contributed by atoms with Crippen LogP contribution in [-0.2, 0) is 14.8 Å². The molecule has 8 nitrogen and oxygen atoms in total. The van der Waals surface area contributed by atoms with Crippen LogP contribution in [-0.4, -0.2) is 48.7 Å². The van der Waals surface area contributed by atoms with E-state index in [1.807, 2.05) is 32.0 Å². The Bertz CT molecular complexity index is 1240. The summed E-state index contributed by atoms with van der Waals surface area (Å²) in [6, 6.07) is 10.7. The third-order valence-electron chi connectivity index (χ3n) is 4.75. The Hall–Kier alpha value is -2.47. The van der Waals surface area contributed by atoms with E-state index in [2.05, 4.69) is 27.8 Å². The topological polar surface area (TPSA) is 104 Å². The van der Waals surface area contributed by atoms with Crippen LogP contribution in [0.5, 0.6) is 0 Å². The zero-order valence-corrected chi connectivity index (χ0v) is 20.9. The number of benzene rings is 2. The molecule has 0 aliphatic rings. The molecule has 1 aromatic heterocycles. The Morgan fingerprint density at radius 3 is 2.44 bits per heavy atom. The lowest BCUT2D eigenvalue weighted by Gasteiger charge is -2.14. The highest BCUT2D eigenvalue weighted by atomic mass is 32.2. The Labute approximate surface area is 196 Å². The van der Waals surface area contributed by atoms with E-state index in [4.69, 9.17) is 0 Å². The molecule has 2 N–H and O–H groups in total. The van der Waals surface area contributed by atoms with Gasteiger partial charge >= 0.3 is 0 Å². The second kappa shape index (κ2) is 9.99. The maximum absolute atomic E-state index is 12.4. The van der Waals surface area contributed by atoms with Gasteiger partial charge in [-0.05, 0) is 61.7 Å². The number of rotatable bonds is 8. The first kappa shape index (κ1) is 24.2. The van der Waals surface area contributed by atoms with Crippen molar-refractivity contribution in [1.29, 1.82) is 0 Å². The number of nitrogens with zero attached hydrogens (tertiary/aromatic N) is 3. The summed E-state index contributed by atoms with van der Waals surface area (Å²) in [6.45, 7) is 5.92. The van der Waals surface area contributed by atoms with Gasteiger partial charge in [-0.15, -0.1) is 10.2 Å². The van der Waals surface area contributed by atoms with Crippen LogP contribution in [0.25, 0.3) is 0 Å². The van der Waals surface area contributed by atoms with Crippen molar-refractivity contribution in [3.05, 3.63) is 53.1 Å². The Morgan fingerprint density at radius 1 is 1.03 bits per heavy atom. The molecule has 0 radical (unpaired) electrons. The standard InChI is InChI=1S/C21H25N5O3S3/c1-13-6-8-16(10-15(13)3)22-20-24-25-21(31-20)30-12-19(27)23-18-11-17(9-7-14(18)2)32(28,29)26(4)5/h6-11H,12H2,1-5H3,(H,22,24)(H,23,27). The van der Waals surface area contributed by atoms with Crippen LogP contribution in [0.1, 0.15) is 16.7 Å². The first-order valence-corrected chi connectivity index (χ1v) is 12.9. The lowest BCUT2D eigenvalue weighted by molar-refractivity contribution is -0.113. The van der Waals surface area contributed by atoms with Crippen molar-refractivity contribution in [2.24, 2.45) is 0 Å². The maximum atomic E-state index is 12.4. The quantitative estimate of drug-likeness (QED) is 0.455. The van der Waals surface area contributed by atoms with E-state index in [-0.39, 0.29) is 16.6 Å². The summed E-state index contributed by atoms with van der Waals surface area (Å²) >= 11 is 2.63. The van der Waals surface area contributed by atoms with Gasteiger partial charge in [0.15, 0.2) is 4.34 Å². The number of hydrogen-bond donors (Lipinski definition) is 2. The minimum atomic E-state index is -3.58. The SMILES string of the molecule is Cc1ccc(Nc2nnc(SCC(=O)Nc3cc(S(=O)(=O)N(C)C)ccc3C)s2)cc1C. The molecule has 3 rings (SSSR count). The zero-order chi connectivity index (χ0) is 23.5. The fourth-order valence-electron chi connectivity index (χ4n) is 2.68. The molecule has 3 aromatic rings. The second-order valence-electron chi connectivity index (χ2n) is 7.40. The predicted molar refractivity (Wildman–Crippen MR) is 131 cm³/mol. The molecule has 32 heavy (non-hydrogen) atoms. The van der Waals surface area contributed by atoms with Crippen LogP contribution in [0.4, 0.5) is 16.5 Å². The molecular formula is C21H25N5O3S3. The highest BCUT2D eigenvalue weighted by molar-refractivity contribution is 8.01. The highest BCUT2D eigenvalue weighted by Gasteiger charge is 2.19. The van der Waals surface area contributed by atoms with Crippen molar-refractivity contribution < 1.29 is 13.2 Å². The van der Waals surface area contributed by atoms with Crippen molar-refractivity contribution in [3.63, 3.8) is 0 Å². The molecule has 2 aromatic carbocycles. The average Bonchev–Trinajstić information content (AvgIpc) is 3.18. The average molecular weight is 492 g/mol. The molecule has 170 valence electrons. The van der Waals surface area contributed by atoms with E-state index in [1.54, 1.807) is 6.07 Å². The minimum absolute atomic E-state index is 0.127. The van der Waals surface area contributed by atoms with Crippen LogP contribution in [0.15, 0.2) is 45.6 Å². The van der Waals surface area contributed by atoms with Crippen LogP contribution >= 0.6 is 23.1 Å². The summed E-state index contributed by atoms with van der Waals surface area (Å²) in [6.07, 6.45) is 0. The van der Waals surface area contributed by atoms with Crippen molar-refractivity contribution in [1.82, 2.24) is 14.5 Å². The normalized spacial score (nSPS) is 11.6. The van der Waals surface area contributed by atoms with Gasteiger partial charge in [-0.1, -0.05) is 35.2 Å². The lowest BCUT2D eigenvalue weighted by Crippen LogP contribution is -2.22. The van der Waals surface area contributed by atoms with Crippen LogP contribution in [0.2, 0.25) is 0 Å². The van der Waals surface area contributed by atoms with Crippen molar-refractivity contribution in [2.75, 3.05) is 30.5 Å². The number of carbonyl (C=O) groups is 1. The van der Waals surface area contributed by atoms with Gasteiger partial charge < -0.3 is 10.6 Å². The summed E-state index contributed by atoms with van der Waals surface area (Å²) in [5.41, 5.74) is 4.57. The van der Waals surface area contributed by atoms with Gasteiger partial charge in [0.05, 0.1) is 10.6 Å². The number of aryl methyl sites for hydroxylation is 3. The highest BCUT2D eigenvalue weighted by Crippen LogP contribution is 2.29. The molecule has 0 fully saturated rings. The smallest absolute Gasteiger partial charge is 0.242 e. The van der Waals surface area contributed by atoms with Crippen molar-refractivity contribution >= 4 is 55.5 Å². The molecule has 0 saturated carbocycles. The molecule has 0 bridgehead atoms. The number of nitrogens with one attached hydrogen (secondary N) is 2.